The topological polar surface area (TPSA) is 62.0 Å². The van der Waals surface area contributed by atoms with Crippen LogP contribution in [0, 0.1) is 0 Å². The predicted octanol–water partition coefficient (Wildman–Crippen LogP) is 1.21. The lowest BCUT2D eigenvalue weighted by molar-refractivity contribution is 0.321. The van der Waals surface area contributed by atoms with Crippen LogP contribution in [0.4, 0.5) is 0 Å². The van der Waals surface area contributed by atoms with Gasteiger partial charge in [-0.05, 0) is 12.1 Å². The summed E-state index contributed by atoms with van der Waals surface area (Å²) in [6.45, 7) is 0. The molecule has 2 N–H and O–H groups in total. The van der Waals surface area contributed by atoms with Gasteiger partial charge in [-0.3, -0.25) is 0 Å². The summed E-state index contributed by atoms with van der Waals surface area (Å²) in [4.78, 5) is 0. The summed E-state index contributed by atoms with van der Waals surface area (Å²) in [5.74, 6) is 0.578. The number of ether oxygens (including phenoxy) is 1. The van der Waals surface area contributed by atoms with Crippen LogP contribution in [0.3, 0.4) is 0 Å². The molecule has 0 saturated carbocycles. The van der Waals surface area contributed by atoms with Crippen LogP contribution in [-0.2, 0) is 0 Å². The van der Waals surface area contributed by atoms with E-state index in [1.165, 1.54) is 13.2 Å². The molecule has 0 unspecified atom stereocenters. The van der Waals surface area contributed by atoms with Crippen LogP contribution in [0.2, 0.25) is 0 Å². The van der Waals surface area contributed by atoms with Crippen molar-refractivity contribution in [2.24, 2.45) is 5.16 Å². The molecule has 1 aromatic rings. The van der Waals surface area contributed by atoms with E-state index in [1.54, 1.807) is 12.1 Å². The molecular weight excluding hydrogens is 158 g/mol. The van der Waals surface area contributed by atoms with E-state index < -0.39 is 0 Å². The quantitative estimate of drug-likeness (QED) is 0.395. The van der Waals surface area contributed by atoms with Crippen LogP contribution in [0.25, 0.3) is 0 Å². The zero-order valence-corrected chi connectivity index (χ0v) is 6.56. The van der Waals surface area contributed by atoms with E-state index in [0.717, 1.165) is 6.21 Å². The van der Waals surface area contributed by atoms with Gasteiger partial charge in [-0.1, -0.05) is 5.16 Å². The lowest BCUT2D eigenvalue weighted by atomic mass is 10.2. The fourth-order valence-corrected chi connectivity index (χ4v) is 0.822. The van der Waals surface area contributed by atoms with Gasteiger partial charge in [0.15, 0.2) is 0 Å². The normalized spacial score (nSPS) is 10.4. The summed E-state index contributed by atoms with van der Waals surface area (Å²) in [6.07, 6.45) is 1.15. The lowest BCUT2D eigenvalue weighted by Crippen LogP contribution is -1.85. The Morgan fingerprint density at radius 3 is 2.75 bits per heavy atom. The number of phenolic OH excluding ortho intramolecular Hbond substituents is 1. The highest BCUT2D eigenvalue weighted by Crippen LogP contribution is 2.21. The molecule has 0 spiro atoms. The average Bonchev–Trinajstić information content (AvgIpc) is 2.09. The minimum atomic E-state index is 0.0205. The van der Waals surface area contributed by atoms with Crippen molar-refractivity contribution in [3.05, 3.63) is 23.8 Å². The Bertz CT molecular complexity index is 296. The standard InChI is InChI=1S/C8H9NO3/c1-12-7-3-2-6(5-9-11)8(10)4-7/h2-5,10-11H,1H3/b9-5-. The monoisotopic (exact) mass is 167 g/mol. The third kappa shape index (κ3) is 1.66. The molecule has 4 heteroatoms. The Morgan fingerprint density at radius 1 is 1.50 bits per heavy atom. The first-order valence-corrected chi connectivity index (χ1v) is 3.32. The number of nitrogens with zero attached hydrogens (tertiary/aromatic N) is 1. The van der Waals surface area contributed by atoms with Gasteiger partial charge < -0.3 is 15.1 Å². The van der Waals surface area contributed by atoms with Gasteiger partial charge in [-0.25, -0.2) is 0 Å². The Morgan fingerprint density at radius 2 is 2.25 bits per heavy atom. The molecule has 0 fully saturated rings. The van der Waals surface area contributed by atoms with E-state index in [4.69, 9.17) is 9.94 Å². The minimum absolute atomic E-state index is 0.0205. The number of aromatic hydroxyl groups is 1. The number of methoxy groups -OCH3 is 1. The summed E-state index contributed by atoms with van der Waals surface area (Å²) < 4.78 is 4.86. The lowest BCUT2D eigenvalue weighted by Gasteiger charge is -2.01. The van der Waals surface area contributed by atoms with E-state index in [-0.39, 0.29) is 5.75 Å². The first-order chi connectivity index (χ1) is 5.77. The number of benzene rings is 1. The van der Waals surface area contributed by atoms with Gasteiger partial charge in [0.05, 0.1) is 13.3 Å². The van der Waals surface area contributed by atoms with Crippen molar-refractivity contribution in [1.29, 1.82) is 0 Å². The van der Waals surface area contributed by atoms with Crippen LogP contribution in [0.1, 0.15) is 5.56 Å². The molecule has 12 heavy (non-hydrogen) atoms. The molecule has 0 saturated heterocycles. The van der Waals surface area contributed by atoms with Crippen LogP contribution >= 0.6 is 0 Å². The molecular formula is C8H9NO3. The summed E-state index contributed by atoms with van der Waals surface area (Å²) in [5, 5.41) is 20.3. The van der Waals surface area contributed by atoms with Crippen LogP contribution in [0.5, 0.6) is 11.5 Å². The highest BCUT2D eigenvalue weighted by atomic mass is 16.5. The molecule has 0 aliphatic carbocycles. The molecule has 1 rings (SSSR count). The van der Waals surface area contributed by atoms with Gasteiger partial charge in [0.1, 0.15) is 11.5 Å². The Labute approximate surface area is 69.7 Å². The molecule has 0 atom stereocenters. The maximum absolute atomic E-state index is 9.27. The number of phenols is 1. The van der Waals surface area contributed by atoms with Crippen molar-refractivity contribution >= 4 is 6.21 Å². The highest BCUT2D eigenvalue weighted by Gasteiger charge is 1.99. The molecule has 0 aliphatic heterocycles. The average molecular weight is 167 g/mol. The summed E-state index contributed by atoms with van der Waals surface area (Å²) >= 11 is 0. The first-order valence-electron chi connectivity index (χ1n) is 3.32. The summed E-state index contributed by atoms with van der Waals surface area (Å²) in [5.41, 5.74) is 0.443. The van der Waals surface area contributed by atoms with Crippen molar-refractivity contribution in [3.8, 4) is 11.5 Å². The van der Waals surface area contributed by atoms with Crippen LogP contribution in [-0.4, -0.2) is 23.6 Å². The van der Waals surface area contributed by atoms with E-state index in [0.29, 0.717) is 11.3 Å². The molecule has 0 bridgehead atoms. The largest absolute Gasteiger partial charge is 0.507 e. The van der Waals surface area contributed by atoms with E-state index in [9.17, 15) is 5.11 Å². The van der Waals surface area contributed by atoms with Crippen LogP contribution < -0.4 is 4.74 Å². The fourth-order valence-electron chi connectivity index (χ4n) is 0.822. The third-order valence-corrected chi connectivity index (χ3v) is 1.43. The molecule has 4 nitrogen and oxygen atoms in total. The van der Waals surface area contributed by atoms with Gasteiger partial charge in [0.25, 0.3) is 0 Å². The fraction of sp³-hybridized carbons (Fsp3) is 0.125. The first kappa shape index (κ1) is 8.39. The van der Waals surface area contributed by atoms with Gasteiger partial charge in [-0.15, -0.1) is 0 Å². The third-order valence-electron chi connectivity index (χ3n) is 1.43. The molecule has 64 valence electrons. The minimum Gasteiger partial charge on any atom is -0.507 e. The number of rotatable bonds is 2. The Kier molecular flexibility index (Phi) is 2.53. The zero-order chi connectivity index (χ0) is 8.97. The smallest absolute Gasteiger partial charge is 0.128 e. The van der Waals surface area contributed by atoms with E-state index >= 15 is 0 Å². The van der Waals surface area contributed by atoms with Crippen molar-refractivity contribution < 1.29 is 15.1 Å². The predicted molar refractivity (Wildman–Crippen MR) is 44.0 cm³/mol. The second kappa shape index (κ2) is 3.61. The van der Waals surface area contributed by atoms with Crippen molar-refractivity contribution in [3.63, 3.8) is 0 Å². The molecule has 0 aliphatic rings. The Hall–Kier alpha value is -1.71. The SMILES string of the molecule is COc1ccc(/C=N\O)c(O)c1. The number of hydrogen-bond acceptors (Lipinski definition) is 4. The van der Waals surface area contributed by atoms with Crippen molar-refractivity contribution in [2.45, 2.75) is 0 Å². The summed E-state index contributed by atoms with van der Waals surface area (Å²) in [7, 11) is 1.51. The van der Waals surface area contributed by atoms with E-state index in [1.807, 2.05) is 0 Å². The van der Waals surface area contributed by atoms with Crippen LogP contribution in [0.15, 0.2) is 23.4 Å². The van der Waals surface area contributed by atoms with Crippen molar-refractivity contribution in [1.82, 2.24) is 0 Å². The number of oxime groups is 1. The van der Waals surface area contributed by atoms with Gasteiger partial charge >= 0.3 is 0 Å². The Balaban J connectivity index is 3.03. The molecule has 0 radical (unpaired) electrons. The van der Waals surface area contributed by atoms with Gasteiger partial charge in [0.2, 0.25) is 0 Å². The number of hydrogen-bond donors (Lipinski definition) is 2. The second-order valence-electron chi connectivity index (χ2n) is 2.17. The molecule has 1 aromatic carbocycles. The maximum Gasteiger partial charge on any atom is 0.128 e. The zero-order valence-electron chi connectivity index (χ0n) is 6.56. The van der Waals surface area contributed by atoms with E-state index in [2.05, 4.69) is 5.16 Å². The maximum atomic E-state index is 9.27. The summed E-state index contributed by atoms with van der Waals surface area (Å²) in [6, 6.07) is 4.70. The van der Waals surface area contributed by atoms with Gasteiger partial charge in [0, 0.05) is 11.6 Å². The highest BCUT2D eigenvalue weighted by molar-refractivity contribution is 5.83. The second-order valence-corrected chi connectivity index (χ2v) is 2.17. The van der Waals surface area contributed by atoms with Gasteiger partial charge in [-0.2, -0.15) is 0 Å². The molecule has 0 aromatic heterocycles. The molecule has 0 amide bonds. The van der Waals surface area contributed by atoms with Crippen molar-refractivity contribution in [2.75, 3.05) is 7.11 Å². The molecule has 0 heterocycles.